The van der Waals surface area contributed by atoms with Crippen LogP contribution in [0.15, 0.2) is 41.5 Å². The van der Waals surface area contributed by atoms with Gasteiger partial charge in [0, 0.05) is 11.3 Å². The SMILES string of the molecule is Cc1ccc(C)c(NC(=O)C(=O)NN=Cc2c(F)cccc2Cl)c1. The Bertz CT molecular complexity index is 801. The van der Waals surface area contributed by atoms with Crippen LogP contribution in [-0.2, 0) is 9.59 Å². The molecule has 0 saturated carbocycles. The molecule has 2 N–H and O–H groups in total. The largest absolute Gasteiger partial charge is 0.329 e. The fourth-order valence-corrected chi connectivity index (χ4v) is 2.10. The number of amides is 2. The molecule has 0 radical (unpaired) electrons. The van der Waals surface area contributed by atoms with Crippen molar-refractivity contribution in [1.29, 1.82) is 0 Å². The summed E-state index contributed by atoms with van der Waals surface area (Å²) in [6.07, 6.45) is 1.04. The van der Waals surface area contributed by atoms with E-state index in [4.69, 9.17) is 11.6 Å². The molecule has 0 fully saturated rings. The molecule has 2 amide bonds. The Balaban J connectivity index is 2.01. The maximum absolute atomic E-state index is 13.5. The molecule has 0 atom stereocenters. The number of hydrogen-bond acceptors (Lipinski definition) is 3. The summed E-state index contributed by atoms with van der Waals surface area (Å²) in [6, 6.07) is 9.63. The first-order valence-electron chi connectivity index (χ1n) is 7.04. The predicted octanol–water partition coefficient (Wildman–Crippen LogP) is 3.18. The van der Waals surface area contributed by atoms with Crippen LogP contribution in [0.2, 0.25) is 5.02 Å². The molecular formula is C17H15ClFN3O2. The molecule has 0 aliphatic heterocycles. The zero-order valence-electron chi connectivity index (χ0n) is 13.1. The van der Waals surface area contributed by atoms with E-state index in [9.17, 15) is 14.0 Å². The van der Waals surface area contributed by atoms with Crippen molar-refractivity contribution in [3.63, 3.8) is 0 Å². The number of nitrogens with zero attached hydrogens (tertiary/aromatic N) is 1. The van der Waals surface area contributed by atoms with Gasteiger partial charge in [-0.2, -0.15) is 5.10 Å². The van der Waals surface area contributed by atoms with E-state index in [0.29, 0.717) is 5.69 Å². The summed E-state index contributed by atoms with van der Waals surface area (Å²) in [5, 5.41) is 6.20. The number of hydrazone groups is 1. The van der Waals surface area contributed by atoms with Crippen LogP contribution >= 0.6 is 11.6 Å². The van der Waals surface area contributed by atoms with Crippen LogP contribution < -0.4 is 10.7 Å². The smallest absolute Gasteiger partial charge is 0.317 e. The third-order valence-electron chi connectivity index (χ3n) is 3.21. The molecule has 0 heterocycles. The van der Waals surface area contributed by atoms with E-state index in [1.165, 1.54) is 18.2 Å². The van der Waals surface area contributed by atoms with Gasteiger partial charge in [-0.3, -0.25) is 9.59 Å². The fraction of sp³-hybridized carbons (Fsp3) is 0.118. The Hall–Kier alpha value is -2.73. The van der Waals surface area contributed by atoms with Gasteiger partial charge in [-0.1, -0.05) is 29.8 Å². The van der Waals surface area contributed by atoms with Crippen molar-refractivity contribution in [2.24, 2.45) is 5.10 Å². The van der Waals surface area contributed by atoms with Crippen molar-refractivity contribution >= 4 is 35.3 Å². The van der Waals surface area contributed by atoms with Gasteiger partial charge in [-0.05, 0) is 43.2 Å². The van der Waals surface area contributed by atoms with E-state index in [-0.39, 0.29) is 10.6 Å². The average molecular weight is 348 g/mol. The van der Waals surface area contributed by atoms with Crippen molar-refractivity contribution in [3.05, 3.63) is 63.9 Å². The summed E-state index contributed by atoms with van der Waals surface area (Å²) < 4.78 is 13.5. The van der Waals surface area contributed by atoms with Crippen LogP contribution in [0.1, 0.15) is 16.7 Å². The first-order chi connectivity index (χ1) is 11.4. The Morgan fingerprint density at radius 2 is 1.92 bits per heavy atom. The molecule has 24 heavy (non-hydrogen) atoms. The summed E-state index contributed by atoms with van der Waals surface area (Å²) >= 11 is 5.82. The summed E-state index contributed by atoms with van der Waals surface area (Å²) in [6.45, 7) is 3.68. The van der Waals surface area contributed by atoms with Crippen LogP contribution in [0.4, 0.5) is 10.1 Å². The average Bonchev–Trinajstić information content (AvgIpc) is 2.53. The number of carbonyl (C=O) groups is 2. The molecule has 0 aliphatic carbocycles. The van der Waals surface area contributed by atoms with Gasteiger partial charge in [-0.15, -0.1) is 0 Å². The van der Waals surface area contributed by atoms with E-state index in [2.05, 4.69) is 10.4 Å². The van der Waals surface area contributed by atoms with Crippen LogP contribution in [0.25, 0.3) is 0 Å². The number of hydrogen-bond donors (Lipinski definition) is 2. The standard InChI is InChI=1S/C17H15ClFN3O2/c1-10-6-7-11(2)15(8-10)21-16(23)17(24)22-20-9-12-13(18)4-3-5-14(12)19/h3-9H,1-2H3,(H,21,23)(H,22,24). The van der Waals surface area contributed by atoms with Crippen LogP contribution in [0.3, 0.4) is 0 Å². The van der Waals surface area contributed by atoms with Crippen molar-refractivity contribution in [2.75, 3.05) is 5.32 Å². The van der Waals surface area contributed by atoms with E-state index in [1.54, 1.807) is 6.07 Å². The molecule has 0 aliphatic rings. The molecule has 0 aromatic heterocycles. The van der Waals surface area contributed by atoms with Crippen molar-refractivity contribution < 1.29 is 14.0 Å². The van der Waals surface area contributed by atoms with Gasteiger partial charge >= 0.3 is 11.8 Å². The molecular weight excluding hydrogens is 333 g/mol. The van der Waals surface area contributed by atoms with Gasteiger partial charge in [0.05, 0.1) is 11.2 Å². The fourth-order valence-electron chi connectivity index (χ4n) is 1.89. The summed E-state index contributed by atoms with van der Waals surface area (Å²) in [5.74, 6) is -2.43. The molecule has 0 bridgehead atoms. The Kier molecular flexibility index (Phi) is 5.65. The highest BCUT2D eigenvalue weighted by atomic mass is 35.5. The predicted molar refractivity (Wildman–Crippen MR) is 91.7 cm³/mol. The molecule has 0 unspecified atom stereocenters. The van der Waals surface area contributed by atoms with Gasteiger partial charge in [0.1, 0.15) is 5.82 Å². The monoisotopic (exact) mass is 347 g/mol. The third-order valence-corrected chi connectivity index (χ3v) is 3.54. The van der Waals surface area contributed by atoms with Crippen molar-refractivity contribution in [3.8, 4) is 0 Å². The molecule has 124 valence electrons. The van der Waals surface area contributed by atoms with Crippen LogP contribution in [-0.4, -0.2) is 18.0 Å². The normalized spacial score (nSPS) is 10.7. The Morgan fingerprint density at radius 3 is 2.62 bits per heavy atom. The second-order valence-electron chi connectivity index (χ2n) is 5.11. The lowest BCUT2D eigenvalue weighted by molar-refractivity contribution is -0.136. The number of nitrogens with one attached hydrogen (secondary N) is 2. The van der Waals surface area contributed by atoms with Gasteiger partial charge < -0.3 is 5.32 Å². The van der Waals surface area contributed by atoms with E-state index < -0.39 is 17.6 Å². The highest BCUT2D eigenvalue weighted by Crippen LogP contribution is 2.17. The topological polar surface area (TPSA) is 70.6 Å². The molecule has 2 aromatic carbocycles. The number of benzene rings is 2. The van der Waals surface area contributed by atoms with Gasteiger partial charge in [0.2, 0.25) is 0 Å². The molecule has 7 heteroatoms. The van der Waals surface area contributed by atoms with Gasteiger partial charge in [0.25, 0.3) is 0 Å². The summed E-state index contributed by atoms with van der Waals surface area (Å²) in [7, 11) is 0. The van der Waals surface area contributed by atoms with Crippen LogP contribution in [0.5, 0.6) is 0 Å². The molecule has 2 rings (SSSR count). The second kappa shape index (κ2) is 7.70. The van der Waals surface area contributed by atoms with Crippen molar-refractivity contribution in [2.45, 2.75) is 13.8 Å². The lowest BCUT2D eigenvalue weighted by atomic mass is 10.1. The minimum absolute atomic E-state index is 0.0226. The summed E-state index contributed by atoms with van der Waals surface area (Å²) in [4.78, 5) is 23.6. The van der Waals surface area contributed by atoms with Crippen LogP contribution in [0, 0.1) is 19.7 Å². The van der Waals surface area contributed by atoms with E-state index in [0.717, 1.165) is 17.3 Å². The lowest BCUT2D eigenvalue weighted by Gasteiger charge is -2.08. The minimum Gasteiger partial charge on any atom is -0.317 e. The first kappa shape index (κ1) is 17.6. The van der Waals surface area contributed by atoms with E-state index >= 15 is 0 Å². The lowest BCUT2D eigenvalue weighted by Crippen LogP contribution is -2.32. The number of halogens is 2. The Morgan fingerprint density at radius 1 is 1.17 bits per heavy atom. The number of rotatable bonds is 3. The van der Waals surface area contributed by atoms with Crippen molar-refractivity contribution in [1.82, 2.24) is 5.43 Å². The molecule has 0 saturated heterocycles. The molecule has 5 nitrogen and oxygen atoms in total. The maximum Gasteiger partial charge on any atom is 0.329 e. The third kappa shape index (κ3) is 4.39. The highest BCUT2D eigenvalue weighted by Gasteiger charge is 2.14. The minimum atomic E-state index is -0.973. The second-order valence-corrected chi connectivity index (χ2v) is 5.51. The molecule has 0 spiro atoms. The van der Waals surface area contributed by atoms with E-state index in [1.807, 2.05) is 31.4 Å². The Labute approximate surface area is 143 Å². The quantitative estimate of drug-likeness (QED) is 0.508. The maximum atomic E-state index is 13.5. The molecule has 2 aromatic rings. The number of anilines is 1. The summed E-state index contributed by atoms with van der Waals surface area (Å²) in [5.41, 5.74) is 4.36. The highest BCUT2D eigenvalue weighted by molar-refractivity contribution is 6.39. The number of carbonyl (C=O) groups excluding carboxylic acids is 2. The first-order valence-corrected chi connectivity index (χ1v) is 7.42. The van der Waals surface area contributed by atoms with Gasteiger partial charge in [-0.25, -0.2) is 9.82 Å². The zero-order chi connectivity index (χ0) is 17.7. The zero-order valence-corrected chi connectivity index (χ0v) is 13.8. The van der Waals surface area contributed by atoms with Gasteiger partial charge in [0.15, 0.2) is 0 Å². The number of aryl methyl sites for hydroxylation is 2.